The van der Waals surface area contributed by atoms with E-state index in [2.05, 4.69) is 216 Å². The van der Waals surface area contributed by atoms with Crippen molar-refractivity contribution in [2.75, 3.05) is 38.5 Å². The van der Waals surface area contributed by atoms with Crippen molar-refractivity contribution in [1.29, 1.82) is 0 Å². The van der Waals surface area contributed by atoms with Crippen LogP contribution in [-0.4, -0.2) is 43.4 Å². The zero-order valence-corrected chi connectivity index (χ0v) is 35.5. The van der Waals surface area contributed by atoms with E-state index in [0.29, 0.717) is 0 Å². The molecule has 0 aliphatic carbocycles. The zero-order chi connectivity index (χ0) is 39.5. The molecule has 3 nitrogen and oxygen atoms in total. The van der Waals surface area contributed by atoms with Gasteiger partial charge >= 0.3 is 0 Å². The molecule has 0 fully saturated rings. The minimum absolute atomic E-state index is 0.559. The Kier molecular flexibility index (Phi) is 16.4. The van der Waals surface area contributed by atoms with Gasteiger partial charge in [-0.1, -0.05) is 200 Å². The van der Waals surface area contributed by atoms with Gasteiger partial charge in [-0.2, -0.15) is 0 Å². The Hall–Kier alpha value is -4.72. The van der Waals surface area contributed by atoms with Gasteiger partial charge < -0.3 is 10.6 Å². The van der Waals surface area contributed by atoms with E-state index in [-0.39, 0.29) is 0 Å². The van der Waals surface area contributed by atoms with Crippen LogP contribution >= 0.6 is 15.8 Å². The van der Waals surface area contributed by atoms with Crippen molar-refractivity contribution < 1.29 is 0 Å². The normalized spacial score (nSPS) is 12.4. The quantitative estimate of drug-likeness (QED) is 0.0529. The van der Waals surface area contributed by atoms with Crippen molar-refractivity contribution in [3.63, 3.8) is 0 Å². The molecule has 0 radical (unpaired) electrons. The highest BCUT2D eigenvalue weighted by Crippen LogP contribution is 2.37. The molecule has 0 aromatic heterocycles. The van der Waals surface area contributed by atoms with Crippen LogP contribution in [0.3, 0.4) is 0 Å². The van der Waals surface area contributed by atoms with Crippen LogP contribution < -0.4 is 31.9 Å². The third-order valence-electron chi connectivity index (χ3n) is 10.7. The number of nitrogens with zero attached hydrogens (tertiary/aromatic N) is 1. The molecule has 2 N–H and O–H groups in total. The molecule has 7 aromatic carbocycles. The first-order chi connectivity index (χ1) is 28.8. The molecule has 0 saturated carbocycles. The van der Waals surface area contributed by atoms with E-state index >= 15 is 0 Å². The second-order valence-corrected chi connectivity index (χ2v) is 19.4. The summed E-state index contributed by atoms with van der Waals surface area (Å²) in [6.07, 6.45) is 4.27. The first-order valence-electron chi connectivity index (χ1n) is 20.9. The number of nitrogens with one attached hydrogen (secondary N) is 2. The molecule has 0 aliphatic heterocycles. The molecule has 7 rings (SSSR count). The van der Waals surface area contributed by atoms with E-state index in [1.54, 1.807) is 0 Å². The van der Waals surface area contributed by atoms with E-state index in [9.17, 15) is 0 Å². The molecule has 5 heteroatoms. The molecule has 58 heavy (non-hydrogen) atoms. The van der Waals surface area contributed by atoms with Crippen molar-refractivity contribution in [3.8, 4) is 0 Å². The standard InChI is InChI=1S/C53H57N3P2/c1-6-20-45(21-7-1)42-54-36-34-48-26-16-18-32-52(48)57(50-28-12-4-13-29-50)40-38-56(44-47-24-10-3-11-25-47)39-41-58(51-30-14-5-15-31-51)53-33-19-17-27-49(53)35-37-55-43-46-22-8-2-9-23-46/h1-33,54-55H,34-44H2. The van der Waals surface area contributed by atoms with E-state index in [0.717, 1.165) is 71.0 Å². The predicted molar refractivity (Wildman–Crippen MR) is 253 cm³/mol. The second-order valence-electron chi connectivity index (χ2n) is 14.8. The van der Waals surface area contributed by atoms with Crippen LogP contribution in [0, 0.1) is 0 Å². The summed E-state index contributed by atoms with van der Waals surface area (Å²) in [5, 5.41) is 13.4. The summed E-state index contributed by atoms with van der Waals surface area (Å²) in [6.45, 7) is 6.73. The van der Waals surface area contributed by atoms with Crippen molar-refractivity contribution in [1.82, 2.24) is 15.5 Å². The summed E-state index contributed by atoms with van der Waals surface area (Å²) < 4.78 is 0. The Morgan fingerprint density at radius 3 is 1.12 bits per heavy atom. The predicted octanol–water partition coefficient (Wildman–Crippen LogP) is 9.42. The molecule has 0 aliphatic rings. The first-order valence-corrected chi connectivity index (χ1v) is 23.9. The van der Waals surface area contributed by atoms with Gasteiger partial charge in [0.15, 0.2) is 0 Å². The zero-order valence-electron chi connectivity index (χ0n) is 33.7. The number of rotatable bonds is 22. The number of hydrogen-bond acceptors (Lipinski definition) is 3. The molecular formula is C53H57N3P2. The van der Waals surface area contributed by atoms with Crippen molar-refractivity contribution in [2.45, 2.75) is 32.5 Å². The van der Waals surface area contributed by atoms with E-state index in [1.807, 2.05) is 0 Å². The monoisotopic (exact) mass is 797 g/mol. The minimum atomic E-state index is -0.559. The van der Waals surface area contributed by atoms with Gasteiger partial charge in [-0.05, 0) is 103 Å². The highest BCUT2D eigenvalue weighted by Gasteiger charge is 2.22. The highest BCUT2D eigenvalue weighted by atomic mass is 31.1. The topological polar surface area (TPSA) is 27.3 Å². The van der Waals surface area contributed by atoms with Gasteiger partial charge in [0.25, 0.3) is 0 Å². The fraction of sp³-hybridized carbons (Fsp3) is 0.208. The highest BCUT2D eigenvalue weighted by molar-refractivity contribution is 7.73. The Balaban J connectivity index is 1.09. The molecule has 294 valence electrons. The Morgan fingerprint density at radius 2 is 0.707 bits per heavy atom. The summed E-state index contributed by atoms with van der Waals surface area (Å²) in [5.74, 6) is 0. The molecular weight excluding hydrogens is 741 g/mol. The molecule has 7 aromatic rings. The summed E-state index contributed by atoms with van der Waals surface area (Å²) in [4.78, 5) is 2.75. The average molecular weight is 798 g/mol. The molecule has 0 spiro atoms. The molecule has 0 saturated heterocycles. The van der Waals surface area contributed by atoms with Gasteiger partial charge in [0.2, 0.25) is 0 Å². The summed E-state index contributed by atoms with van der Waals surface area (Å²) in [5.41, 5.74) is 6.97. The Bertz CT molecular complexity index is 2050. The van der Waals surface area contributed by atoms with Crippen LogP contribution in [0.1, 0.15) is 27.8 Å². The van der Waals surface area contributed by atoms with Gasteiger partial charge in [-0.25, -0.2) is 0 Å². The molecule has 0 bridgehead atoms. The van der Waals surface area contributed by atoms with Crippen LogP contribution in [0.15, 0.2) is 200 Å². The maximum atomic E-state index is 3.71. The fourth-order valence-electron chi connectivity index (χ4n) is 7.66. The van der Waals surface area contributed by atoms with Crippen LogP contribution in [0.25, 0.3) is 0 Å². The van der Waals surface area contributed by atoms with Gasteiger partial charge in [0.05, 0.1) is 0 Å². The molecule has 0 heterocycles. The van der Waals surface area contributed by atoms with Crippen LogP contribution in [0.4, 0.5) is 0 Å². The van der Waals surface area contributed by atoms with Crippen molar-refractivity contribution in [2.24, 2.45) is 0 Å². The molecule has 2 atom stereocenters. The second kappa shape index (κ2) is 23.0. The number of hydrogen-bond donors (Lipinski definition) is 2. The van der Waals surface area contributed by atoms with E-state index < -0.39 is 15.8 Å². The lowest BCUT2D eigenvalue weighted by atomic mass is 10.1. The first kappa shape index (κ1) is 41.4. The summed E-state index contributed by atoms with van der Waals surface area (Å²) in [7, 11) is -1.12. The minimum Gasteiger partial charge on any atom is -0.312 e. The summed E-state index contributed by atoms with van der Waals surface area (Å²) >= 11 is 0. The van der Waals surface area contributed by atoms with Crippen LogP contribution in [0.2, 0.25) is 0 Å². The van der Waals surface area contributed by atoms with Crippen molar-refractivity contribution >= 4 is 37.1 Å². The lowest BCUT2D eigenvalue weighted by molar-refractivity contribution is 0.300. The summed E-state index contributed by atoms with van der Waals surface area (Å²) in [6, 6.07) is 73.7. The third-order valence-corrected chi connectivity index (χ3v) is 15.9. The SMILES string of the molecule is c1ccc(CNCCc2ccccc2P(CCN(CCP(c2ccccc2)c2ccccc2CCNCc2ccccc2)Cc2ccccc2)c2ccccc2)cc1. The van der Waals surface area contributed by atoms with Gasteiger partial charge in [-0.15, -0.1) is 0 Å². The van der Waals surface area contributed by atoms with Gasteiger partial charge in [-0.3, -0.25) is 4.90 Å². The third kappa shape index (κ3) is 12.6. The Labute approximate surface area is 350 Å². The largest absolute Gasteiger partial charge is 0.312 e. The lowest BCUT2D eigenvalue weighted by Gasteiger charge is -2.29. The van der Waals surface area contributed by atoms with E-state index in [1.165, 1.54) is 49.0 Å². The van der Waals surface area contributed by atoms with Gasteiger partial charge in [0.1, 0.15) is 0 Å². The lowest BCUT2D eigenvalue weighted by Crippen LogP contribution is -2.33. The van der Waals surface area contributed by atoms with Crippen LogP contribution in [-0.2, 0) is 32.5 Å². The van der Waals surface area contributed by atoms with Gasteiger partial charge in [0, 0.05) is 32.7 Å². The maximum absolute atomic E-state index is 3.71. The Morgan fingerprint density at radius 1 is 0.362 bits per heavy atom. The average Bonchev–Trinajstić information content (AvgIpc) is 3.29. The van der Waals surface area contributed by atoms with E-state index in [4.69, 9.17) is 0 Å². The molecule has 2 unspecified atom stereocenters. The fourth-order valence-corrected chi connectivity index (χ4v) is 12.8. The molecule has 0 amide bonds. The van der Waals surface area contributed by atoms with Crippen molar-refractivity contribution in [3.05, 3.63) is 228 Å². The maximum Gasteiger partial charge on any atom is 0.0234 e. The number of benzene rings is 7. The smallest absolute Gasteiger partial charge is 0.0234 e. The van der Waals surface area contributed by atoms with Crippen LogP contribution in [0.5, 0.6) is 0 Å².